The van der Waals surface area contributed by atoms with E-state index < -0.39 is 0 Å². The number of nitrogens with one attached hydrogen (secondary N) is 1. The second kappa shape index (κ2) is 5.46. The maximum atomic E-state index is 7.12. The van der Waals surface area contributed by atoms with Crippen molar-refractivity contribution in [2.24, 2.45) is 10.7 Å². The first kappa shape index (κ1) is 11.7. The van der Waals surface area contributed by atoms with Crippen molar-refractivity contribution in [3.63, 3.8) is 0 Å². The van der Waals surface area contributed by atoms with Gasteiger partial charge in [0.2, 0.25) is 0 Å². The molecule has 0 amide bonds. The molecule has 15 heavy (non-hydrogen) atoms. The van der Waals surface area contributed by atoms with Gasteiger partial charge in [0.25, 0.3) is 0 Å². The van der Waals surface area contributed by atoms with Crippen LogP contribution < -0.4 is 5.73 Å². The van der Waals surface area contributed by atoms with E-state index in [1.807, 2.05) is 31.2 Å². The van der Waals surface area contributed by atoms with Gasteiger partial charge in [0.15, 0.2) is 0 Å². The van der Waals surface area contributed by atoms with Crippen LogP contribution >= 0.6 is 15.9 Å². The fourth-order valence-corrected chi connectivity index (χ4v) is 1.17. The van der Waals surface area contributed by atoms with Gasteiger partial charge in [0, 0.05) is 0 Å². The van der Waals surface area contributed by atoms with Crippen LogP contribution in [0.3, 0.4) is 0 Å². The number of hydrogen-bond acceptors (Lipinski definition) is 2. The largest absolute Gasteiger partial charge is 0.384 e. The fourth-order valence-electron chi connectivity index (χ4n) is 1.04. The first-order valence-electron chi connectivity index (χ1n) is 4.41. The Morgan fingerprint density at radius 1 is 1.47 bits per heavy atom. The van der Waals surface area contributed by atoms with Crippen LogP contribution in [0.1, 0.15) is 5.56 Å². The Bertz CT molecular complexity index is 422. The molecule has 0 aliphatic carbocycles. The molecular weight excluding hydrogens is 254 g/mol. The van der Waals surface area contributed by atoms with Crippen LogP contribution in [0.2, 0.25) is 0 Å². The molecular formula is C11H12BrN3. The van der Waals surface area contributed by atoms with Crippen molar-refractivity contribution in [1.29, 1.82) is 5.41 Å². The van der Waals surface area contributed by atoms with Crippen LogP contribution in [-0.2, 0) is 0 Å². The Morgan fingerprint density at radius 2 is 2.20 bits per heavy atom. The molecule has 78 valence electrons. The molecule has 0 fully saturated rings. The van der Waals surface area contributed by atoms with Crippen molar-refractivity contribution < 1.29 is 0 Å². The summed E-state index contributed by atoms with van der Waals surface area (Å²) in [6.45, 7) is 2.00. The van der Waals surface area contributed by atoms with Crippen molar-refractivity contribution in [3.05, 3.63) is 42.0 Å². The molecule has 0 aromatic heterocycles. The van der Waals surface area contributed by atoms with Gasteiger partial charge in [-0.25, -0.2) is 4.99 Å². The van der Waals surface area contributed by atoms with Gasteiger partial charge in [-0.15, -0.1) is 0 Å². The van der Waals surface area contributed by atoms with Crippen LogP contribution in [0.5, 0.6) is 0 Å². The zero-order valence-electron chi connectivity index (χ0n) is 8.37. The fraction of sp³-hybridized carbons (Fsp3) is 0.0909. The summed E-state index contributed by atoms with van der Waals surface area (Å²) >= 11 is 2.99. The molecule has 0 atom stereocenters. The van der Waals surface area contributed by atoms with Crippen LogP contribution in [-0.4, -0.2) is 10.5 Å². The molecule has 3 nitrogen and oxygen atoms in total. The van der Waals surface area contributed by atoms with Gasteiger partial charge < -0.3 is 5.73 Å². The molecule has 0 unspecified atom stereocenters. The van der Waals surface area contributed by atoms with E-state index in [0.29, 0.717) is 5.84 Å². The first-order chi connectivity index (χ1) is 7.08. The molecule has 0 saturated heterocycles. The van der Waals surface area contributed by atoms with Crippen LogP contribution in [0.25, 0.3) is 0 Å². The van der Waals surface area contributed by atoms with Gasteiger partial charge in [-0.1, -0.05) is 12.1 Å². The summed E-state index contributed by atoms with van der Waals surface area (Å²) in [7, 11) is 0. The Hall–Kier alpha value is -1.42. The van der Waals surface area contributed by atoms with E-state index in [1.54, 1.807) is 6.08 Å². The number of nitrogens with zero attached hydrogens (tertiary/aromatic N) is 1. The lowest BCUT2D eigenvalue weighted by Gasteiger charge is -1.96. The zero-order valence-corrected chi connectivity index (χ0v) is 9.95. The SMILES string of the molecule is Cc1cccc(N=C(N)C=CC(=N)Br)c1. The van der Waals surface area contributed by atoms with Crippen LogP contribution in [0.15, 0.2) is 41.4 Å². The molecule has 4 heteroatoms. The molecule has 0 aliphatic rings. The highest BCUT2D eigenvalue weighted by Crippen LogP contribution is 2.13. The Morgan fingerprint density at radius 3 is 2.80 bits per heavy atom. The van der Waals surface area contributed by atoms with E-state index in [4.69, 9.17) is 11.1 Å². The van der Waals surface area contributed by atoms with Gasteiger partial charge in [0.05, 0.1) is 10.3 Å². The number of allylic oxidation sites excluding steroid dienone is 1. The zero-order chi connectivity index (χ0) is 11.3. The molecule has 0 spiro atoms. The molecule has 1 aromatic rings. The van der Waals surface area contributed by atoms with E-state index in [1.165, 1.54) is 6.08 Å². The topological polar surface area (TPSA) is 62.2 Å². The lowest BCUT2D eigenvalue weighted by atomic mass is 10.2. The number of amidine groups is 1. The predicted molar refractivity (Wildman–Crippen MR) is 68.3 cm³/mol. The summed E-state index contributed by atoms with van der Waals surface area (Å²) in [5.74, 6) is 0.379. The molecule has 0 bridgehead atoms. The minimum atomic E-state index is 0.268. The number of hydrogen-bond donors (Lipinski definition) is 2. The van der Waals surface area contributed by atoms with Crippen molar-refractivity contribution >= 4 is 32.1 Å². The summed E-state index contributed by atoms with van der Waals surface area (Å²) in [5, 5.41) is 7.12. The predicted octanol–water partition coefficient (Wildman–Crippen LogP) is 2.91. The Kier molecular flexibility index (Phi) is 4.24. The molecule has 1 aromatic carbocycles. The second-order valence-electron chi connectivity index (χ2n) is 3.06. The third-order valence-corrected chi connectivity index (χ3v) is 1.92. The lowest BCUT2D eigenvalue weighted by molar-refractivity contribution is 1.41. The molecule has 1 rings (SSSR count). The van der Waals surface area contributed by atoms with E-state index in [0.717, 1.165) is 11.3 Å². The quantitative estimate of drug-likeness (QED) is 0.641. The Balaban J connectivity index is 2.83. The van der Waals surface area contributed by atoms with Crippen molar-refractivity contribution in [3.8, 4) is 0 Å². The molecule has 0 heterocycles. The molecule has 0 radical (unpaired) electrons. The Labute approximate surface area is 97.4 Å². The van der Waals surface area contributed by atoms with Gasteiger partial charge in [-0.05, 0) is 52.7 Å². The summed E-state index contributed by atoms with van der Waals surface area (Å²) in [4.78, 5) is 4.18. The van der Waals surface area contributed by atoms with E-state index >= 15 is 0 Å². The normalized spacial score (nSPS) is 12.0. The highest BCUT2D eigenvalue weighted by atomic mass is 79.9. The summed E-state index contributed by atoms with van der Waals surface area (Å²) in [6.07, 6.45) is 3.12. The summed E-state index contributed by atoms with van der Waals surface area (Å²) in [6, 6.07) is 7.75. The van der Waals surface area contributed by atoms with Crippen LogP contribution in [0, 0.1) is 12.3 Å². The minimum Gasteiger partial charge on any atom is -0.384 e. The third kappa shape index (κ3) is 4.56. The number of aryl methyl sites for hydroxylation is 1. The maximum absolute atomic E-state index is 7.12. The number of nitrogens with two attached hydrogens (primary N) is 1. The van der Waals surface area contributed by atoms with E-state index in [-0.39, 0.29) is 4.62 Å². The van der Waals surface area contributed by atoms with Crippen molar-refractivity contribution in [1.82, 2.24) is 0 Å². The first-order valence-corrected chi connectivity index (χ1v) is 5.20. The van der Waals surface area contributed by atoms with E-state index in [2.05, 4.69) is 20.9 Å². The summed E-state index contributed by atoms with van der Waals surface area (Å²) in [5.41, 5.74) is 7.61. The standard InChI is InChI=1S/C11H12BrN3/c1-8-3-2-4-9(7-8)15-11(14)6-5-10(12)13/h2-7,13H,1H3,(H2,14,15). The number of aliphatic imine (C=N–C) groups is 1. The van der Waals surface area contributed by atoms with Crippen molar-refractivity contribution in [2.75, 3.05) is 0 Å². The maximum Gasteiger partial charge on any atom is 0.124 e. The molecule has 0 saturated carbocycles. The average Bonchev–Trinajstić information content (AvgIpc) is 2.15. The lowest BCUT2D eigenvalue weighted by Crippen LogP contribution is -2.07. The highest BCUT2D eigenvalue weighted by molar-refractivity contribution is 9.18. The smallest absolute Gasteiger partial charge is 0.124 e. The third-order valence-electron chi connectivity index (χ3n) is 1.66. The monoisotopic (exact) mass is 265 g/mol. The van der Waals surface area contributed by atoms with Gasteiger partial charge in [-0.2, -0.15) is 0 Å². The van der Waals surface area contributed by atoms with Gasteiger partial charge >= 0.3 is 0 Å². The molecule has 3 N–H and O–H groups in total. The van der Waals surface area contributed by atoms with Gasteiger partial charge in [-0.3, -0.25) is 5.41 Å². The van der Waals surface area contributed by atoms with Crippen molar-refractivity contribution in [2.45, 2.75) is 6.92 Å². The van der Waals surface area contributed by atoms with E-state index in [9.17, 15) is 0 Å². The number of benzene rings is 1. The highest BCUT2D eigenvalue weighted by Gasteiger charge is 1.91. The van der Waals surface area contributed by atoms with Gasteiger partial charge in [0.1, 0.15) is 5.84 Å². The summed E-state index contributed by atoms with van der Waals surface area (Å²) < 4.78 is 0.268. The number of halogens is 1. The average molecular weight is 266 g/mol. The van der Waals surface area contributed by atoms with Crippen LogP contribution in [0.4, 0.5) is 5.69 Å². The number of rotatable bonds is 3. The molecule has 0 aliphatic heterocycles. The second-order valence-corrected chi connectivity index (χ2v) is 3.91. The minimum absolute atomic E-state index is 0.268.